The number of aryl methyl sites for hydroxylation is 1. The first-order valence-corrected chi connectivity index (χ1v) is 14.5. The molecule has 0 radical (unpaired) electrons. The number of amides is 1. The highest BCUT2D eigenvalue weighted by molar-refractivity contribution is 5.96. The number of nitrogens with one attached hydrogen (secondary N) is 3. The molecule has 5 rings (SSSR count). The zero-order valence-electron chi connectivity index (χ0n) is 22.9. The van der Waals surface area contributed by atoms with Gasteiger partial charge >= 0.3 is 0 Å². The van der Waals surface area contributed by atoms with Crippen LogP contribution in [0.2, 0.25) is 0 Å². The fraction of sp³-hybridized carbons (Fsp3) is 0.567. The van der Waals surface area contributed by atoms with Crippen LogP contribution in [-0.4, -0.2) is 53.4 Å². The number of benzene rings is 1. The summed E-state index contributed by atoms with van der Waals surface area (Å²) in [7, 11) is 0. The summed E-state index contributed by atoms with van der Waals surface area (Å²) >= 11 is 0. The molecule has 38 heavy (non-hydrogen) atoms. The maximum absolute atomic E-state index is 12.6. The molecule has 8 nitrogen and oxygen atoms in total. The van der Waals surface area contributed by atoms with Gasteiger partial charge in [0.1, 0.15) is 11.6 Å². The molecular formula is C30H42N6O2. The number of rotatable bonds is 10. The van der Waals surface area contributed by atoms with E-state index in [2.05, 4.69) is 35.0 Å². The van der Waals surface area contributed by atoms with Gasteiger partial charge < -0.3 is 20.7 Å². The van der Waals surface area contributed by atoms with E-state index in [-0.39, 0.29) is 5.91 Å². The summed E-state index contributed by atoms with van der Waals surface area (Å²) in [6.45, 7) is 8.24. The van der Waals surface area contributed by atoms with Gasteiger partial charge in [0.05, 0.1) is 6.20 Å². The Kier molecular flexibility index (Phi) is 8.79. The number of carbonyl (C=O) groups excluding carboxylic acids is 1. The van der Waals surface area contributed by atoms with E-state index in [4.69, 9.17) is 14.8 Å². The van der Waals surface area contributed by atoms with Crippen molar-refractivity contribution in [2.75, 3.05) is 43.5 Å². The second-order valence-electron chi connectivity index (χ2n) is 10.9. The Morgan fingerprint density at radius 2 is 1.79 bits per heavy atom. The van der Waals surface area contributed by atoms with Crippen LogP contribution in [-0.2, 0) is 4.74 Å². The lowest BCUT2D eigenvalue weighted by atomic mass is 9.89. The molecule has 2 aromatic heterocycles. The van der Waals surface area contributed by atoms with Crippen LogP contribution in [0.25, 0.3) is 16.8 Å². The maximum Gasteiger partial charge on any atom is 0.251 e. The Bertz CT molecular complexity index is 1230. The third kappa shape index (κ3) is 6.29. The third-order valence-corrected chi connectivity index (χ3v) is 8.00. The van der Waals surface area contributed by atoms with Crippen LogP contribution in [0.4, 0.5) is 11.6 Å². The predicted octanol–water partition coefficient (Wildman–Crippen LogP) is 5.68. The number of hydrogen-bond acceptors (Lipinski definition) is 6. The molecule has 3 N–H and O–H groups in total. The fourth-order valence-corrected chi connectivity index (χ4v) is 5.64. The molecule has 1 saturated carbocycles. The minimum Gasteiger partial charge on any atom is -0.381 e. The summed E-state index contributed by atoms with van der Waals surface area (Å²) in [4.78, 5) is 17.6. The van der Waals surface area contributed by atoms with E-state index in [1.165, 1.54) is 32.1 Å². The van der Waals surface area contributed by atoms with E-state index in [0.717, 1.165) is 79.5 Å². The van der Waals surface area contributed by atoms with Crippen molar-refractivity contribution in [3.8, 4) is 11.1 Å². The zero-order valence-corrected chi connectivity index (χ0v) is 22.9. The van der Waals surface area contributed by atoms with Crippen molar-refractivity contribution in [3.05, 3.63) is 41.6 Å². The number of fused-ring (bicyclic) bond motifs is 1. The van der Waals surface area contributed by atoms with Gasteiger partial charge in [0.25, 0.3) is 5.91 Å². The topological polar surface area (TPSA) is 92.6 Å². The van der Waals surface area contributed by atoms with Crippen LogP contribution < -0.4 is 16.0 Å². The highest BCUT2D eigenvalue weighted by Crippen LogP contribution is 2.30. The Labute approximate surface area is 225 Å². The second kappa shape index (κ2) is 12.6. The van der Waals surface area contributed by atoms with Gasteiger partial charge in [-0.3, -0.25) is 4.79 Å². The van der Waals surface area contributed by atoms with E-state index in [1.54, 1.807) is 0 Å². The molecule has 1 aliphatic heterocycles. The molecule has 3 aromatic rings. The molecule has 2 aliphatic rings. The van der Waals surface area contributed by atoms with Crippen LogP contribution in [0.1, 0.15) is 74.2 Å². The maximum atomic E-state index is 12.6. The molecule has 1 aliphatic carbocycles. The van der Waals surface area contributed by atoms with E-state index >= 15 is 0 Å². The lowest BCUT2D eigenvalue weighted by Crippen LogP contribution is -2.24. The summed E-state index contributed by atoms with van der Waals surface area (Å²) < 4.78 is 7.46. The number of aromatic nitrogens is 3. The van der Waals surface area contributed by atoms with Crippen LogP contribution in [0.15, 0.2) is 30.5 Å². The van der Waals surface area contributed by atoms with Crippen molar-refractivity contribution in [1.29, 1.82) is 0 Å². The minimum atomic E-state index is -0.0253. The van der Waals surface area contributed by atoms with Crippen molar-refractivity contribution < 1.29 is 9.53 Å². The summed E-state index contributed by atoms with van der Waals surface area (Å²) in [5.41, 5.74) is 4.44. The molecule has 1 saturated heterocycles. The average molecular weight is 519 g/mol. The number of ether oxygens (including phenoxy) is 1. The predicted molar refractivity (Wildman–Crippen MR) is 153 cm³/mol. The summed E-state index contributed by atoms with van der Waals surface area (Å²) in [6, 6.07) is 8.08. The molecule has 2 fully saturated rings. The molecule has 3 heterocycles. The van der Waals surface area contributed by atoms with E-state index in [9.17, 15) is 4.79 Å². The van der Waals surface area contributed by atoms with Gasteiger partial charge in [0, 0.05) is 50.0 Å². The van der Waals surface area contributed by atoms with Gasteiger partial charge in [-0.1, -0.05) is 38.3 Å². The van der Waals surface area contributed by atoms with Gasteiger partial charge in [-0.15, -0.1) is 0 Å². The molecule has 0 atom stereocenters. The monoisotopic (exact) mass is 518 g/mol. The van der Waals surface area contributed by atoms with Crippen molar-refractivity contribution in [3.63, 3.8) is 0 Å². The molecule has 0 bridgehead atoms. The van der Waals surface area contributed by atoms with Crippen molar-refractivity contribution in [1.82, 2.24) is 19.9 Å². The summed E-state index contributed by atoms with van der Waals surface area (Å²) in [6.07, 6.45) is 11.6. The first-order valence-electron chi connectivity index (χ1n) is 14.5. The molecule has 1 amide bonds. The van der Waals surface area contributed by atoms with Gasteiger partial charge in [0.15, 0.2) is 5.65 Å². The SMILES string of the molecule is CCCNC(=O)c1ccc(-c2cnn3c(NCC4CCOCC4)cc(NCC4CCCCC4)nc23)cc1C. The minimum absolute atomic E-state index is 0.0253. The number of hydrogen-bond donors (Lipinski definition) is 3. The molecule has 204 valence electrons. The standard InChI is InChI=1S/C30H42N6O2/c1-3-13-31-30(37)25-10-9-24(16-21(25)2)26-20-34-36-28(33-19-23-11-14-38-15-12-23)17-27(35-29(26)36)32-18-22-7-5-4-6-8-22/h9-10,16-17,20,22-23,33H,3-8,11-15,18-19H2,1-2H3,(H,31,37)(H,32,35). The first kappa shape index (κ1) is 26.5. The number of anilines is 2. The third-order valence-electron chi connectivity index (χ3n) is 8.00. The summed E-state index contributed by atoms with van der Waals surface area (Å²) in [5.74, 6) is 3.11. The Morgan fingerprint density at radius 3 is 2.55 bits per heavy atom. The highest BCUT2D eigenvalue weighted by atomic mass is 16.5. The van der Waals surface area contributed by atoms with Gasteiger partial charge in [-0.2, -0.15) is 9.61 Å². The zero-order chi connectivity index (χ0) is 26.3. The molecule has 0 unspecified atom stereocenters. The van der Waals surface area contributed by atoms with Crippen LogP contribution >= 0.6 is 0 Å². The van der Waals surface area contributed by atoms with E-state index in [0.29, 0.717) is 23.9 Å². The Balaban J connectivity index is 1.43. The Hall–Kier alpha value is -3.13. The van der Waals surface area contributed by atoms with Gasteiger partial charge in [-0.25, -0.2) is 4.98 Å². The first-order chi connectivity index (χ1) is 18.6. The normalized spacial score (nSPS) is 17.0. The summed E-state index contributed by atoms with van der Waals surface area (Å²) in [5, 5.41) is 15.0. The van der Waals surface area contributed by atoms with Crippen LogP contribution in [0.3, 0.4) is 0 Å². The fourth-order valence-electron chi connectivity index (χ4n) is 5.64. The quantitative estimate of drug-likeness (QED) is 0.320. The lowest BCUT2D eigenvalue weighted by molar-refractivity contribution is 0.0699. The number of carbonyl (C=O) groups is 1. The highest BCUT2D eigenvalue weighted by Gasteiger charge is 2.19. The van der Waals surface area contributed by atoms with E-state index < -0.39 is 0 Å². The molecule has 0 spiro atoms. The largest absolute Gasteiger partial charge is 0.381 e. The van der Waals surface area contributed by atoms with Crippen molar-refractivity contribution >= 4 is 23.2 Å². The second-order valence-corrected chi connectivity index (χ2v) is 10.9. The van der Waals surface area contributed by atoms with Crippen molar-refractivity contribution in [2.24, 2.45) is 11.8 Å². The molecule has 1 aromatic carbocycles. The van der Waals surface area contributed by atoms with E-state index in [1.807, 2.05) is 29.8 Å². The van der Waals surface area contributed by atoms with Crippen LogP contribution in [0, 0.1) is 18.8 Å². The van der Waals surface area contributed by atoms with Crippen LogP contribution in [0.5, 0.6) is 0 Å². The van der Waals surface area contributed by atoms with Gasteiger partial charge in [-0.05, 0) is 68.1 Å². The number of nitrogens with zero attached hydrogens (tertiary/aromatic N) is 3. The molecule has 8 heteroatoms. The average Bonchev–Trinajstić information content (AvgIpc) is 3.39. The Morgan fingerprint density at radius 1 is 1.03 bits per heavy atom. The smallest absolute Gasteiger partial charge is 0.251 e. The van der Waals surface area contributed by atoms with Gasteiger partial charge in [0.2, 0.25) is 0 Å². The molecular weight excluding hydrogens is 476 g/mol. The van der Waals surface area contributed by atoms with Crippen molar-refractivity contribution in [2.45, 2.75) is 65.2 Å². The lowest BCUT2D eigenvalue weighted by Gasteiger charge is -2.23.